The molecule has 4 rings (SSSR count). The number of aromatic nitrogens is 1. The normalized spacial score (nSPS) is 19.1. The van der Waals surface area contributed by atoms with Gasteiger partial charge in [-0.05, 0) is 56.7 Å². The van der Waals surface area contributed by atoms with Crippen LogP contribution in [-0.4, -0.2) is 17.2 Å². The Labute approximate surface area is 171 Å². The predicted octanol–water partition coefficient (Wildman–Crippen LogP) is 6.15. The lowest BCUT2D eigenvalue weighted by molar-refractivity contribution is 0.0142. The van der Waals surface area contributed by atoms with E-state index in [1.807, 2.05) is 32.0 Å². The maximum absolute atomic E-state index is 13.1. The molecule has 1 aliphatic rings. The summed E-state index contributed by atoms with van der Waals surface area (Å²) in [7, 11) is 0. The summed E-state index contributed by atoms with van der Waals surface area (Å²) in [6.07, 6.45) is 5.45. The van der Waals surface area contributed by atoms with Crippen molar-refractivity contribution in [3.8, 4) is 11.3 Å². The van der Waals surface area contributed by atoms with E-state index in [-0.39, 0.29) is 18.0 Å². The third-order valence-corrected chi connectivity index (χ3v) is 5.89. The summed E-state index contributed by atoms with van der Waals surface area (Å²) in [5, 5.41) is 4.15. The van der Waals surface area contributed by atoms with Crippen molar-refractivity contribution in [2.45, 2.75) is 58.5 Å². The van der Waals surface area contributed by atoms with Crippen molar-refractivity contribution in [1.29, 1.82) is 0 Å². The average molecular weight is 389 g/mol. The molecule has 3 aromatic rings. The molecule has 4 nitrogen and oxygen atoms in total. The first-order chi connectivity index (χ1) is 14.0. The SMILES string of the molecule is Cc1cc(C)c(-c2nocc2C(=O)O[C@@H]2CCCC[C@H]2c2ccccc2)c(C)c1. The van der Waals surface area contributed by atoms with E-state index in [4.69, 9.17) is 9.26 Å². The summed E-state index contributed by atoms with van der Waals surface area (Å²) in [5.41, 5.74) is 6.48. The quantitative estimate of drug-likeness (QED) is 0.502. The first-order valence-corrected chi connectivity index (χ1v) is 10.3. The molecule has 0 amide bonds. The summed E-state index contributed by atoms with van der Waals surface area (Å²) in [6, 6.07) is 14.6. The number of benzene rings is 2. The highest BCUT2D eigenvalue weighted by Crippen LogP contribution is 2.36. The Morgan fingerprint density at radius 1 is 1.03 bits per heavy atom. The molecule has 1 fully saturated rings. The summed E-state index contributed by atoms with van der Waals surface area (Å²) in [5.74, 6) is -0.117. The second-order valence-corrected chi connectivity index (χ2v) is 8.10. The molecule has 4 heteroatoms. The Bertz CT molecular complexity index is 983. The second-order valence-electron chi connectivity index (χ2n) is 8.10. The van der Waals surface area contributed by atoms with Crippen molar-refractivity contribution in [2.24, 2.45) is 0 Å². The van der Waals surface area contributed by atoms with Crippen LogP contribution in [-0.2, 0) is 4.74 Å². The molecule has 0 aliphatic heterocycles. The van der Waals surface area contributed by atoms with E-state index in [2.05, 4.69) is 36.3 Å². The summed E-state index contributed by atoms with van der Waals surface area (Å²) in [6.45, 7) is 6.13. The first-order valence-electron chi connectivity index (χ1n) is 10.3. The molecule has 2 atom stereocenters. The van der Waals surface area contributed by atoms with Crippen LogP contribution in [0.25, 0.3) is 11.3 Å². The second kappa shape index (κ2) is 8.24. The Balaban J connectivity index is 1.61. The molecule has 150 valence electrons. The topological polar surface area (TPSA) is 52.3 Å². The highest BCUT2D eigenvalue weighted by atomic mass is 16.5. The van der Waals surface area contributed by atoms with Gasteiger partial charge in [0.25, 0.3) is 0 Å². The van der Waals surface area contributed by atoms with Gasteiger partial charge in [0, 0.05) is 11.5 Å². The van der Waals surface area contributed by atoms with Gasteiger partial charge < -0.3 is 9.26 Å². The Morgan fingerprint density at radius 2 is 1.72 bits per heavy atom. The lowest BCUT2D eigenvalue weighted by atomic mass is 9.81. The number of carbonyl (C=O) groups is 1. The third kappa shape index (κ3) is 3.98. The maximum atomic E-state index is 13.1. The number of aryl methyl sites for hydroxylation is 3. The van der Waals surface area contributed by atoms with Crippen LogP contribution in [0.2, 0.25) is 0 Å². The van der Waals surface area contributed by atoms with E-state index >= 15 is 0 Å². The molecule has 0 spiro atoms. The number of hydrogen-bond acceptors (Lipinski definition) is 4. The minimum Gasteiger partial charge on any atom is -0.458 e. The minimum atomic E-state index is -0.353. The van der Waals surface area contributed by atoms with Crippen LogP contribution in [0.5, 0.6) is 0 Å². The Morgan fingerprint density at radius 3 is 2.45 bits per heavy atom. The van der Waals surface area contributed by atoms with Crippen LogP contribution in [0.4, 0.5) is 0 Å². The van der Waals surface area contributed by atoms with Gasteiger partial charge in [-0.1, -0.05) is 59.6 Å². The van der Waals surface area contributed by atoms with Crippen molar-refractivity contribution in [3.63, 3.8) is 0 Å². The maximum Gasteiger partial charge on any atom is 0.344 e. The molecule has 2 aromatic carbocycles. The van der Waals surface area contributed by atoms with Gasteiger partial charge in [0.2, 0.25) is 0 Å². The average Bonchev–Trinajstić information content (AvgIpc) is 3.18. The molecule has 1 saturated carbocycles. The van der Waals surface area contributed by atoms with Gasteiger partial charge in [-0.3, -0.25) is 0 Å². The smallest absolute Gasteiger partial charge is 0.344 e. The zero-order valence-electron chi connectivity index (χ0n) is 17.3. The van der Waals surface area contributed by atoms with Crippen molar-refractivity contribution in [3.05, 3.63) is 76.5 Å². The zero-order valence-corrected chi connectivity index (χ0v) is 17.3. The van der Waals surface area contributed by atoms with Gasteiger partial charge in [-0.2, -0.15) is 0 Å². The van der Waals surface area contributed by atoms with Gasteiger partial charge in [0.1, 0.15) is 23.6 Å². The third-order valence-electron chi connectivity index (χ3n) is 5.89. The van der Waals surface area contributed by atoms with Crippen molar-refractivity contribution in [2.75, 3.05) is 0 Å². The van der Waals surface area contributed by atoms with Crippen LogP contribution in [0, 0.1) is 20.8 Å². The molecule has 0 unspecified atom stereocenters. The lowest BCUT2D eigenvalue weighted by Crippen LogP contribution is -2.28. The molecule has 0 N–H and O–H groups in total. The summed E-state index contributed by atoms with van der Waals surface area (Å²) < 4.78 is 11.2. The number of hydrogen-bond donors (Lipinski definition) is 0. The van der Waals surface area contributed by atoms with Crippen molar-refractivity contribution >= 4 is 5.97 Å². The van der Waals surface area contributed by atoms with E-state index in [1.165, 1.54) is 17.4 Å². The molecular formula is C25H27NO3. The van der Waals surface area contributed by atoms with Gasteiger partial charge >= 0.3 is 5.97 Å². The number of rotatable bonds is 4. The largest absolute Gasteiger partial charge is 0.458 e. The molecule has 1 heterocycles. The van der Waals surface area contributed by atoms with Crippen LogP contribution < -0.4 is 0 Å². The van der Waals surface area contributed by atoms with Crippen LogP contribution in [0.3, 0.4) is 0 Å². The number of carbonyl (C=O) groups excluding carboxylic acids is 1. The highest BCUT2D eigenvalue weighted by Gasteiger charge is 2.31. The molecule has 29 heavy (non-hydrogen) atoms. The Hall–Kier alpha value is -2.88. The van der Waals surface area contributed by atoms with E-state index in [1.54, 1.807) is 0 Å². The number of ether oxygens (including phenoxy) is 1. The van der Waals surface area contributed by atoms with Crippen molar-refractivity contribution < 1.29 is 14.1 Å². The Kier molecular flexibility index (Phi) is 5.52. The van der Waals surface area contributed by atoms with E-state index in [9.17, 15) is 4.79 Å². The van der Waals surface area contributed by atoms with Gasteiger partial charge in [-0.25, -0.2) is 4.79 Å². The van der Waals surface area contributed by atoms with Crippen LogP contribution >= 0.6 is 0 Å². The van der Waals surface area contributed by atoms with Crippen molar-refractivity contribution in [1.82, 2.24) is 5.16 Å². The molecule has 1 aliphatic carbocycles. The van der Waals surface area contributed by atoms with Crippen LogP contribution in [0.1, 0.15) is 64.2 Å². The van der Waals surface area contributed by atoms with Gasteiger partial charge in [0.15, 0.2) is 0 Å². The van der Waals surface area contributed by atoms with E-state index in [0.29, 0.717) is 11.3 Å². The molecule has 1 aromatic heterocycles. The van der Waals surface area contributed by atoms with Crippen LogP contribution in [0.15, 0.2) is 53.3 Å². The monoisotopic (exact) mass is 389 g/mol. The zero-order chi connectivity index (χ0) is 20.4. The molecule has 0 radical (unpaired) electrons. The summed E-state index contributed by atoms with van der Waals surface area (Å²) >= 11 is 0. The predicted molar refractivity (Wildman–Crippen MR) is 113 cm³/mol. The van der Waals surface area contributed by atoms with E-state index < -0.39 is 0 Å². The number of esters is 1. The van der Waals surface area contributed by atoms with Gasteiger partial charge in [-0.15, -0.1) is 0 Å². The van der Waals surface area contributed by atoms with Gasteiger partial charge in [0.05, 0.1) is 0 Å². The fourth-order valence-electron chi connectivity index (χ4n) is 4.64. The molecular weight excluding hydrogens is 362 g/mol. The molecule has 0 saturated heterocycles. The fourth-order valence-corrected chi connectivity index (χ4v) is 4.64. The molecule has 0 bridgehead atoms. The highest BCUT2D eigenvalue weighted by molar-refractivity contribution is 5.96. The summed E-state index contributed by atoms with van der Waals surface area (Å²) in [4.78, 5) is 13.1. The fraction of sp³-hybridized carbons (Fsp3) is 0.360. The number of nitrogens with zero attached hydrogens (tertiary/aromatic N) is 1. The minimum absolute atomic E-state index is 0.124. The standard InChI is InChI=1S/C25H27NO3/c1-16-13-17(2)23(18(3)14-16)24-21(15-28-26-24)25(27)29-22-12-8-7-11-20(22)19-9-5-4-6-10-19/h4-6,9-10,13-15,20,22H,7-8,11-12H2,1-3H3/t20-,22+/m0/s1. The van der Waals surface area contributed by atoms with E-state index in [0.717, 1.165) is 42.4 Å². The lowest BCUT2D eigenvalue weighted by Gasteiger charge is -2.31. The first kappa shape index (κ1) is 19.4.